The third-order valence-electron chi connectivity index (χ3n) is 4.94. The van der Waals surface area contributed by atoms with Crippen LogP contribution in [0.15, 0.2) is 79.1 Å². The van der Waals surface area contributed by atoms with Crippen molar-refractivity contribution in [1.29, 1.82) is 0 Å². The van der Waals surface area contributed by atoms with Crippen molar-refractivity contribution in [3.63, 3.8) is 0 Å². The first-order valence-electron chi connectivity index (χ1n) is 10.4. The fraction of sp³-hybridized carbons (Fsp3) is 0. The average Bonchev–Trinajstić information content (AvgIpc) is 3.31. The number of aromatic nitrogens is 3. The molecular formula is C27H15N3O4S. The first-order chi connectivity index (χ1) is 17.2. The van der Waals surface area contributed by atoms with Gasteiger partial charge in [0.25, 0.3) is 12.9 Å². The van der Waals surface area contributed by atoms with Crippen molar-refractivity contribution in [2.24, 2.45) is 0 Å². The lowest BCUT2D eigenvalue weighted by Crippen LogP contribution is -1.97. The Hall–Kier alpha value is -4.87. The van der Waals surface area contributed by atoms with E-state index < -0.39 is 0 Å². The van der Waals surface area contributed by atoms with Crippen LogP contribution in [-0.2, 0) is 9.59 Å². The minimum absolute atomic E-state index is 0.270. The maximum absolute atomic E-state index is 11.0. The highest BCUT2D eigenvalue weighted by Gasteiger charge is 2.11. The molecule has 5 aromatic rings. The summed E-state index contributed by atoms with van der Waals surface area (Å²) in [6.45, 7) is 0.668. The first kappa shape index (κ1) is 21.9. The molecular weight excluding hydrogens is 462 g/mol. The van der Waals surface area contributed by atoms with Crippen LogP contribution in [0.2, 0.25) is 0 Å². The molecule has 168 valence electrons. The minimum Gasteiger partial charge on any atom is -0.429 e. The van der Waals surface area contributed by atoms with E-state index in [4.69, 9.17) is 9.47 Å². The summed E-state index contributed by atoms with van der Waals surface area (Å²) in [6, 6.07) is 20.1. The zero-order chi connectivity index (χ0) is 24.0. The van der Waals surface area contributed by atoms with Gasteiger partial charge < -0.3 is 9.47 Å². The van der Waals surface area contributed by atoms with Crippen molar-refractivity contribution >= 4 is 34.4 Å². The fourth-order valence-electron chi connectivity index (χ4n) is 3.40. The van der Waals surface area contributed by atoms with E-state index in [9.17, 15) is 9.59 Å². The molecule has 0 aliphatic rings. The third kappa shape index (κ3) is 5.05. The van der Waals surface area contributed by atoms with E-state index in [2.05, 4.69) is 45.0 Å². The molecule has 0 unspecified atom stereocenters. The zero-order valence-corrected chi connectivity index (χ0v) is 18.9. The molecule has 4 aromatic heterocycles. The van der Waals surface area contributed by atoms with Gasteiger partial charge in [0.1, 0.15) is 11.5 Å². The smallest absolute Gasteiger partial charge is 0.298 e. The fourth-order valence-corrected chi connectivity index (χ4v) is 4.31. The molecule has 0 N–H and O–H groups in total. The lowest BCUT2D eigenvalue weighted by Gasteiger charge is -2.08. The van der Waals surface area contributed by atoms with Crippen LogP contribution in [0.25, 0.3) is 32.9 Å². The molecule has 0 spiro atoms. The van der Waals surface area contributed by atoms with Crippen molar-refractivity contribution < 1.29 is 19.1 Å². The van der Waals surface area contributed by atoms with E-state index in [1.54, 1.807) is 41.8 Å². The van der Waals surface area contributed by atoms with Gasteiger partial charge in [0.15, 0.2) is 0 Å². The maximum atomic E-state index is 11.0. The Labute approximate surface area is 204 Å². The average molecular weight is 478 g/mol. The highest BCUT2D eigenvalue weighted by Crippen LogP contribution is 2.28. The summed E-state index contributed by atoms with van der Waals surface area (Å²) < 4.78 is 11.2. The van der Waals surface area contributed by atoms with Crippen LogP contribution < -0.4 is 9.47 Å². The summed E-state index contributed by atoms with van der Waals surface area (Å²) in [7, 11) is 0. The molecule has 0 bridgehead atoms. The molecule has 0 aliphatic carbocycles. The quantitative estimate of drug-likeness (QED) is 0.254. The molecule has 35 heavy (non-hydrogen) atoms. The van der Waals surface area contributed by atoms with Gasteiger partial charge in [0.2, 0.25) is 0 Å². The minimum atomic E-state index is 0.270. The van der Waals surface area contributed by atoms with Gasteiger partial charge in [0, 0.05) is 40.9 Å². The summed E-state index contributed by atoms with van der Waals surface area (Å²) in [5.41, 5.74) is 2.62. The van der Waals surface area contributed by atoms with E-state index in [-0.39, 0.29) is 5.75 Å². The van der Waals surface area contributed by atoms with Gasteiger partial charge in [-0.1, -0.05) is 30.0 Å². The lowest BCUT2D eigenvalue weighted by atomic mass is 10.1. The SMILES string of the molecule is O=COc1ccnc(-c2cc(OC=O)cc(-c3cc(C#Cc4cc5ccccc5s4)ccn3)n2)c1. The van der Waals surface area contributed by atoms with E-state index in [1.807, 2.05) is 24.3 Å². The van der Waals surface area contributed by atoms with E-state index in [1.165, 1.54) is 10.9 Å². The molecule has 0 atom stereocenters. The Bertz CT molecular complexity index is 1580. The van der Waals surface area contributed by atoms with Crippen LogP contribution in [0, 0.1) is 11.8 Å². The second-order valence-electron chi connectivity index (χ2n) is 7.21. The predicted octanol–water partition coefficient (Wildman–Crippen LogP) is 4.89. The number of ether oxygens (including phenoxy) is 2. The largest absolute Gasteiger partial charge is 0.429 e. The first-order valence-corrected chi connectivity index (χ1v) is 11.2. The highest BCUT2D eigenvalue weighted by atomic mass is 32.1. The number of carbonyl (C=O) groups excluding carboxylic acids is 2. The second-order valence-corrected chi connectivity index (χ2v) is 8.29. The van der Waals surface area contributed by atoms with Gasteiger partial charge in [-0.05, 0) is 35.7 Å². The van der Waals surface area contributed by atoms with E-state index >= 15 is 0 Å². The van der Waals surface area contributed by atoms with Gasteiger partial charge in [0.05, 0.1) is 27.7 Å². The lowest BCUT2D eigenvalue weighted by molar-refractivity contribution is -0.121. The number of rotatable bonds is 6. The summed E-state index contributed by atoms with van der Waals surface area (Å²) in [5, 5.41) is 1.16. The van der Waals surface area contributed by atoms with Gasteiger partial charge in [-0.2, -0.15) is 0 Å². The van der Waals surface area contributed by atoms with Gasteiger partial charge >= 0.3 is 0 Å². The van der Waals surface area contributed by atoms with Crippen LogP contribution in [0.5, 0.6) is 11.5 Å². The number of hydrogen-bond acceptors (Lipinski definition) is 8. The number of carbonyl (C=O) groups is 2. The maximum Gasteiger partial charge on any atom is 0.298 e. The summed E-state index contributed by atoms with van der Waals surface area (Å²) in [6.07, 6.45) is 3.14. The molecule has 1 aromatic carbocycles. The molecule has 0 saturated heterocycles. The molecule has 0 radical (unpaired) electrons. The van der Waals surface area contributed by atoms with E-state index in [0.717, 1.165) is 15.8 Å². The Morgan fingerprint density at radius 2 is 1.40 bits per heavy atom. The standard InChI is InChI=1S/C27H15N3O4S/c31-16-33-20-8-10-29-24(13-20)26-15-21(34-17-32)14-25(30-26)23-11-18(7-9-28-23)5-6-22-12-19-3-1-2-4-27(19)35-22/h1-4,7-17H. The molecule has 0 fully saturated rings. The number of hydrogen-bond donors (Lipinski definition) is 0. The highest BCUT2D eigenvalue weighted by molar-refractivity contribution is 7.19. The normalized spacial score (nSPS) is 10.3. The monoisotopic (exact) mass is 477 g/mol. The van der Waals surface area contributed by atoms with Crippen LogP contribution in [0.4, 0.5) is 0 Å². The van der Waals surface area contributed by atoms with Crippen molar-refractivity contribution in [3.05, 3.63) is 89.6 Å². The van der Waals surface area contributed by atoms with Crippen molar-refractivity contribution in [2.45, 2.75) is 0 Å². The Kier molecular flexibility index (Phi) is 6.24. The van der Waals surface area contributed by atoms with Gasteiger partial charge in [-0.3, -0.25) is 19.6 Å². The number of benzene rings is 1. The van der Waals surface area contributed by atoms with Gasteiger partial charge in [-0.25, -0.2) is 4.98 Å². The van der Waals surface area contributed by atoms with E-state index in [0.29, 0.717) is 41.5 Å². The zero-order valence-electron chi connectivity index (χ0n) is 18.0. The van der Waals surface area contributed by atoms with Crippen LogP contribution >= 0.6 is 11.3 Å². The second kappa shape index (κ2) is 9.95. The topological polar surface area (TPSA) is 91.3 Å². The van der Waals surface area contributed by atoms with Crippen molar-refractivity contribution in [2.75, 3.05) is 0 Å². The Morgan fingerprint density at radius 3 is 2.17 bits per heavy atom. The Morgan fingerprint density at radius 1 is 0.714 bits per heavy atom. The molecule has 8 heteroatoms. The molecule has 0 saturated carbocycles. The summed E-state index contributed by atoms with van der Waals surface area (Å²) in [5.74, 6) is 6.98. The Balaban J connectivity index is 1.51. The molecule has 0 amide bonds. The van der Waals surface area contributed by atoms with Crippen LogP contribution in [0.3, 0.4) is 0 Å². The van der Waals surface area contributed by atoms with Crippen molar-refractivity contribution in [1.82, 2.24) is 15.0 Å². The number of nitrogens with zero attached hydrogens (tertiary/aromatic N) is 3. The van der Waals surface area contributed by atoms with Gasteiger partial charge in [-0.15, -0.1) is 11.3 Å². The van der Waals surface area contributed by atoms with Crippen LogP contribution in [0.1, 0.15) is 10.4 Å². The van der Waals surface area contributed by atoms with Crippen LogP contribution in [-0.4, -0.2) is 27.9 Å². The molecule has 7 nitrogen and oxygen atoms in total. The third-order valence-corrected chi connectivity index (χ3v) is 5.97. The number of pyridine rings is 3. The summed E-state index contributed by atoms with van der Waals surface area (Å²) in [4.78, 5) is 36.0. The predicted molar refractivity (Wildman–Crippen MR) is 132 cm³/mol. The molecule has 0 aliphatic heterocycles. The number of fused-ring (bicyclic) bond motifs is 1. The number of thiophene rings is 1. The molecule has 4 heterocycles. The molecule has 5 rings (SSSR count). The van der Waals surface area contributed by atoms with Crippen molar-refractivity contribution in [3.8, 4) is 46.1 Å². The summed E-state index contributed by atoms with van der Waals surface area (Å²) >= 11 is 1.64.